The van der Waals surface area contributed by atoms with Gasteiger partial charge in [0.15, 0.2) is 0 Å². The summed E-state index contributed by atoms with van der Waals surface area (Å²) in [5.74, 6) is -0.708. The Morgan fingerprint density at radius 2 is 1.85 bits per heavy atom. The second-order valence-electron chi connectivity index (χ2n) is 5.43. The van der Waals surface area contributed by atoms with E-state index in [1.807, 2.05) is 18.4 Å². The molecule has 20 heavy (non-hydrogen) atoms. The fourth-order valence-electron chi connectivity index (χ4n) is 1.56. The summed E-state index contributed by atoms with van der Waals surface area (Å²) in [5.41, 5.74) is 0.00294. The van der Waals surface area contributed by atoms with Crippen LogP contribution in [-0.4, -0.2) is 29.8 Å². The first-order valence-electron chi connectivity index (χ1n) is 6.41. The molecule has 0 radical (unpaired) electrons. The second kappa shape index (κ2) is 6.79. The van der Waals surface area contributed by atoms with Gasteiger partial charge in [0.1, 0.15) is 11.6 Å². The third kappa shape index (κ3) is 4.89. The van der Waals surface area contributed by atoms with Crippen molar-refractivity contribution in [2.24, 2.45) is 0 Å². The monoisotopic (exact) mass is 295 g/mol. The van der Waals surface area contributed by atoms with Crippen LogP contribution in [0.4, 0.5) is 0 Å². The average molecular weight is 295 g/mol. The summed E-state index contributed by atoms with van der Waals surface area (Å²) >= 11 is 1.49. The molecule has 0 spiro atoms. The lowest BCUT2D eigenvalue weighted by atomic mass is 10.2. The summed E-state index contributed by atoms with van der Waals surface area (Å²) in [5, 5.41) is 2.67. The van der Waals surface area contributed by atoms with Gasteiger partial charge in [-0.3, -0.25) is 4.79 Å². The van der Waals surface area contributed by atoms with Gasteiger partial charge in [-0.15, -0.1) is 11.8 Å². The normalized spacial score (nSPS) is 12.7. The van der Waals surface area contributed by atoms with Crippen LogP contribution in [0.2, 0.25) is 0 Å². The number of carbonyl (C=O) groups excluding carboxylic acids is 2. The molecule has 1 aromatic carbocycles. The summed E-state index contributed by atoms with van der Waals surface area (Å²) in [6.45, 7) is 7.00. The highest BCUT2D eigenvalue weighted by Gasteiger charge is 2.23. The molecular weight excluding hydrogens is 274 g/mol. The predicted molar refractivity (Wildman–Crippen MR) is 81.0 cm³/mol. The van der Waals surface area contributed by atoms with Crippen molar-refractivity contribution in [1.82, 2.24) is 5.32 Å². The Morgan fingerprint density at radius 1 is 1.25 bits per heavy atom. The van der Waals surface area contributed by atoms with Gasteiger partial charge < -0.3 is 10.1 Å². The molecule has 1 rings (SSSR count). The summed E-state index contributed by atoms with van der Waals surface area (Å²) in [6.07, 6.45) is 1.91. The van der Waals surface area contributed by atoms with Crippen LogP contribution in [0.1, 0.15) is 38.1 Å². The quantitative estimate of drug-likeness (QED) is 0.685. The molecule has 0 aliphatic rings. The number of amides is 1. The van der Waals surface area contributed by atoms with E-state index in [0.29, 0.717) is 5.56 Å². The van der Waals surface area contributed by atoms with Crippen molar-refractivity contribution in [2.75, 3.05) is 6.26 Å². The number of esters is 1. The summed E-state index contributed by atoms with van der Waals surface area (Å²) in [4.78, 5) is 24.9. The Kier molecular flexibility index (Phi) is 5.62. The van der Waals surface area contributed by atoms with Crippen molar-refractivity contribution < 1.29 is 14.3 Å². The lowest BCUT2D eigenvalue weighted by molar-refractivity contribution is -0.156. The van der Waals surface area contributed by atoms with Crippen LogP contribution in [-0.2, 0) is 9.53 Å². The third-order valence-corrected chi connectivity index (χ3v) is 3.26. The maximum atomic E-state index is 12.2. The van der Waals surface area contributed by atoms with E-state index in [4.69, 9.17) is 4.74 Å². The van der Waals surface area contributed by atoms with Crippen LogP contribution >= 0.6 is 11.8 Å². The van der Waals surface area contributed by atoms with Crippen molar-refractivity contribution in [1.29, 1.82) is 0 Å². The minimum atomic E-state index is -0.684. The fraction of sp³-hybridized carbons (Fsp3) is 0.467. The van der Waals surface area contributed by atoms with E-state index >= 15 is 0 Å². The lowest BCUT2D eigenvalue weighted by Crippen LogP contribution is -2.42. The second-order valence-corrected chi connectivity index (χ2v) is 6.28. The number of thioether (sulfide) groups is 1. The van der Waals surface area contributed by atoms with Crippen LogP contribution < -0.4 is 5.32 Å². The van der Waals surface area contributed by atoms with E-state index < -0.39 is 17.6 Å². The van der Waals surface area contributed by atoms with Gasteiger partial charge in [0, 0.05) is 4.90 Å². The summed E-state index contributed by atoms with van der Waals surface area (Å²) < 4.78 is 5.23. The molecule has 0 aromatic heterocycles. The highest BCUT2D eigenvalue weighted by atomic mass is 32.2. The number of benzene rings is 1. The van der Waals surface area contributed by atoms with Crippen molar-refractivity contribution in [3.63, 3.8) is 0 Å². The van der Waals surface area contributed by atoms with Crippen molar-refractivity contribution in [2.45, 2.75) is 44.2 Å². The van der Waals surface area contributed by atoms with E-state index in [0.717, 1.165) is 4.90 Å². The molecular formula is C15H21NO3S. The third-order valence-electron chi connectivity index (χ3n) is 2.46. The minimum Gasteiger partial charge on any atom is -0.458 e. The van der Waals surface area contributed by atoms with Crippen LogP contribution in [0.3, 0.4) is 0 Å². The molecule has 1 amide bonds. The number of hydrogen-bond donors (Lipinski definition) is 1. The van der Waals surface area contributed by atoms with Crippen LogP contribution in [0.5, 0.6) is 0 Å². The van der Waals surface area contributed by atoms with Crippen molar-refractivity contribution >= 4 is 23.6 Å². The van der Waals surface area contributed by atoms with Gasteiger partial charge in [-0.1, -0.05) is 12.1 Å². The van der Waals surface area contributed by atoms with E-state index in [1.165, 1.54) is 11.8 Å². The molecule has 0 saturated carbocycles. The molecule has 0 bridgehead atoms. The topological polar surface area (TPSA) is 55.4 Å². The SMILES string of the molecule is CSc1ccccc1C(=O)N[C@@H](C)C(=O)OC(C)(C)C. The number of carbonyl (C=O) groups is 2. The van der Waals surface area contributed by atoms with Gasteiger partial charge >= 0.3 is 5.97 Å². The zero-order chi connectivity index (χ0) is 15.3. The highest BCUT2D eigenvalue weighted by Crippen LogP contribution is 2.19. The van der Waals surface area contributed by atoms with Crippen molar-refractivity contribution in [3.8, 4) is 0 Å². The number of nitrogens with one attached hydrogen (secondary N) is 1. The predicted octanol–water partition coefficient (Wildman–Crippen LogP) is 2.87. The van der Waals surface area contributed by atoms with Gasteiger partial charge in [-0.2, -0.15) is 0 Å². The zero-order valence-electron chi connectivity index (χ0n) is 12.5. The Hall–Kier alpha value is -1.49. The number of ether oxygens (including phenoxy) is 1. The standard InChI is InChI=1S/C15H21NO3S/c1-10(14(18)19-15(2,3)4)16-13(17)11-8-6-7-9-12(11)20-5/h6-10H,1-5H3,(H,16,17)/t10-/m0/s1. The molecule has 1 N–H and O–H groups in total. The van der Waals surface area contributed by atoms with E-state index in [1.54, 1.807) is 39.8 Å². The first-order valence-corrected chi connectivity index (χ1v) is 7.64. The van der Waals surface area contributed by atoms with E-state index in [9.17, 15) is 9.59 Å². The van der Waals surface area contributed by atoms with E-state index in [2.05, 4.69) is 5.32 Å². The minimum absolute atomic E-state index is 0.270. The Balaban J connectivity index is 2.73. The number of rotatable bonds is 4. The first kappa shape index (κ1) is 16.6. The molecule has 110 valence electrons. The average Bonchev–Trinajstić information content (AvgIpc) is 2.36. The maximum absolute atomic E-state index is 12.2. The van der Waals surface area contributed by atoms with Gasteiger partial charge in [0.25, 0.3) is 5.91 Å². The Labute approximate surface area is 124 Å². The molecule has 0 aliphatic carbocycles. The molecule has 4 nitrogen and oxygen atoms in total. The van der Waals surface area contributed by atoms with Gasteiger partial charge in [0.2, 0.25) is 0 Å². The van der Waals surface area contributed by atoms with Gasteiger partial charge in [-0.25, -0.2) is 4.79 Å². The molecule has 0 fully saturated rings. The maximum Gasteiger partial charge on any atom is 0.328 e. The lowest BCUT2D eigenvalue weighted by Gasteiger charge is -2.22. The van der Waals surface area contributed by atoms with Crippen LogP contribution in [0.25, 0.3) is 0 Å². The van der Waals surface area contributed by atoms with Crippen LogP contribution in [0.15, 0.2) is 29.2 Å². The molecule has 1 aromatic rings. The smallest absolute Gasteiger partial charge is 0.328 e. The fourth-order valence-corrected chi connectivity index (χ4v) is 2.15. The summed E-state index contributed by atoms with van der Waals surface area (Å²) in [6, 6.07) is 6.60. The zero-order valence-corrected chi connectivity index (χ0v) is 13.3. The van der Waals surface area contributed by atoms with Crippen molar-refractivity contribution in [3.05, 3.63) is 29.8 Å². The Bertz CT molecular complexity index is 494. The summed E-state index contributed by atoms with van der Waals surface area (Å²) in [7, 11) is 0. The molecule has 0 heterocycles. The van der Waals surface area contributed by atoms with E-state index in [-0.39, 0.29) is 5.91 Å². The molecule has 1 atom stereocenters. The number of hydrogen-bond acceptors (Lipinski definition) is 4. The van der Waals surface area contributed by atoms with Crippen LogP contribution in [0, 0.1) is 0 Å². The van der Waals surface area contributed by atoms with Gasteiger partial charge in [0.05, 0.1) is 5.56 Å². The molecule has 0 unspecified atom stereocenters. The molecule has 0 saturated heterocycles. The van der Waals surface area contributed by atoms with Gasteiger partial charge in [-0.05, 0) is 46.1 Å². The molecule has 0 aliphatic heterocycles. The molecule has 5 heteroatoms. The highest BCUT2D eigenvalue weighted by molar-refractivity contribution is 7.98. The largest absolute Gasteiger partial charge is 0.458 e. The Morgan fingerprint density at radius 3 is 2.40 bits per heavy atom. The first-order chi connectivity index (χ1) is 9.24.